The quantitative estimate of drug-likeness (QED) is 0.800. The highest BCUT2D eigenvalue weighted by atomic mass is 32.2. The molecule has 0 aliphatic carbocycles. The van der Waals surface area contributed by atoms with Crippen LogP contribution >= 0.6 is 11.8 Å². The number of aryl methyl sites for hydroxylation is 1. The number of halogens is 1. The Labute approximate surface area is 96.5 Å². The zero-order valence-electron chi connectivity index (χ0n) is 8.51. The number of aromatic nitrogens is 2. The predicted octanol–water partition coefficient (Wildman–Crippen LogP) is 2.58. The molecule has 0 fully saturated rings. The maximum Gasteiger partial charge on any atom is 0.172 e. The fourth-order valence-corrected chi connectivity index (χ4v) is 2.01. The van der Waals surface area contributed by atoms with E-state index in [0.29, 0.717) is 15.6 Å². The molecule has 0 spiro atoms. The Bertz CT molecular complexity index is 557. The first-order chi connectivity index (χ1) is 7.70. The van der Waals surface area contributed by atoms with Crippen molar-refractivity contribution in [2.45, 2.75) is 10.1 Å². The Morgan fingerprint density at radius 2 is 2.31 bits per heavy atom. The van der Waals surface area contributed by atoms with Gasteiger partial charge in [-0.15, -0.1) is 0 Å². The summed E-state index contributed by atoms with van der Waals surface area (Å²) in [7, 11) is 1.84. The van der Waals surface area contributed by atoms with Gasteiger partial charge in [0.2, 0.25) is 0 Å². The van der Waals surface area contributed by atoms with Crippen LogP contribution in [0.25, 0.3) is 0 Å². The van der Waals surface area contributed by atoms with Gasteiger partial charge in [-0.05, 0) is 30.0 Å². The molecule has 2 rings (SSSR count). The van der Waals surface area contributed by atoms with E-state index >= 15 is 0 Å². The van der Waals surface area contributed by atoms with E-state index in [0.717, 1.165) is 0 Å². The van der Waals surface area contributed by atoms with E-state index in [9.17, 15) is 4.39 Å². The van der Waals surface area contributed by atoms with Gasteiger partial charge in [0.05, 0.1) is 16.5 Å². The maximum atomic E-state index is 13.6. The van der Waals surface area contributed by atoms with E-state index in [2.05, 4.69) is 4.98 Å². The molecule has 0 radical (unpaired) electrons. The lowest BCUT2D eigenvalue weighted by Crippen LogP contribution is -1.90. The standard InChI is InChI=1S/C11H8FN3S/c1-15-5-4-14-11(15)16-10-3-2-8(7-13)6-9(10)12/h2-6H,1H3. The molecule has 16 heavy (non-hydrogen) atoms. The maximum absolute atomic E-state index is 13.6. The van der Waals surface area contributed by atoms with Crippen LogP contribution in [0.15, 0.2) is 40.6 Å². The van der Waals surface area contributed by atoms with Crippen molar-refractivity contribution in [1.29, 1.82) is 5.26 Å². The molecule has 0 aliphatic rings. The number of rotatable bonds is 2. The van der Waals surface area contributed by atoms with Gasteiger partial charge in [-0.3, -0.25) is 0 Å². The SMILES string of the molecule is Cn1ccnc1Sc1ccc(C#N)cc1F. The summed E-state index contributed by atoms with van der Waals surface area (Å²) < 4.78 is 15.4. The third-order valence-electron chi connectivity index (χ3n) is 2.04. The summed E-state index contributed by atoms with van der Waals surface area (Å²) in [4.78, 5) is 4.56. The molecular weight excluding hydrogens is 225 g/mol. The molecule has 0 aliphatic heterocycles. The summed E-state index contributed by atoms with van der Waals surface area (Å²) in [5.41, 5.74) is 0.321. The van der Waals surface area contributed by atoms with Gasteiger partial charge in [0, 0.05) is 19.4 Å². The number of hydrogen-bond acceptors (Lipinski definition) is 3. The fraction of sp³-hybridized carbons (Fsp3) is 0.0909. The van der Waals surface area contributed by atoms with Crippen LogP contribution in [0.5, 0.6) is 0 Å². The molecule has 0 bridgehead atoms. The minimum atomic E-state index is -0.396. The lowest BCUT2D eigenvalue weighted by molar-refractivity contribution is 0.601. The number of imidazole rings is 1. The van der Waals surface area contributed by atoms with Gasteiger partial charge in [0.15, 0.2) is 5.16 Å². The number of hydrogen-bond donors (Lipinski definition) is 0. The minimum Gasteiger partial charge on any atom is -0.329 e. The van der Waals surface area contributed by atoms with Crippen LogP contribution in [0.4, 0.5) is 4.39 Å². The monoisotopic (exact) mass is 233 g/mol. The lowest BCUT2D eigenvalue weighted by atomic mass is 10.2. The first-order valence-corrected chi connectivity index (χ1v) is 5.37. The van der Waals surface area contributed by atoms with Gasteiger partial charge < -0.3 is 4.57 Å². The topological polar surface area (TPSA) is 41.6 Å². The molecule has 1 aromatic heterocycles. The lowest BCUT2D eigenvalue weighted by Gasteiger charge is -2.02. The van der Waals surface area contributed by atoms with Crippen molar-refractivity contribution in [2.24, 2.45) is 7.05 Å². The van der Waals surface area contributed by atoms with Crippen molar-refractivity contribution in [3.05, 3.63) is 42.0 Å². The largest absolute Gasteiger partial charge is 0.329 e. The zero-order valence-corrected chi connectivity index (χ0v) is 9.33. The molecule has 3 nitrogen and oxygen atoms in total. The summed E-state index contributed by atoms with van der Waals surface area (Å²) >= 11 is 1.23. The molecule has 0 atom stereocenters. The van der Waals surface area contributed by atoms with Gasteiger partial charge >= 0.3 is 0 Å². The van der Waals surface area contributed by atoms with Gasteiger partial charge in [0.25, 0.3) is 0 Å². The highest BCUT2D eigenvalue weighted by molar-refractivity contribution is 7.99. The van der Waals surface area contributed by atoms with E-state index < -0.39 is 5.82 Å². The first kappa shape index (κ1) is 10.7. The molecule has 0 saturated carbocycles. The summed E-state index contributed by atoms with van der Waals surface area (Å²) in [6.45, 7) is 0. The minimum absolute atomic E-state index is 0.321. The van der Waals surface area contributed by atoms with E-state index in [4.69, 9.17) is 5.26 Å². The van der Waals surface area contributed by atoms with Crippen LogP contribution in [0.2, 0.25) is 0 Å². The van der Waals surface area contributed by atoms with Crippen molar-refractivity contribution in [1.82, 2.24) is 9.55 Å². The average molecular weight is 233 g/mol. The van der Waals surface area contributed by atoms with Gasteiger partial charge in [-0.25, -0.2) is 9.37 Å². The summed E-state index contributed by atoms with van der Waals surface area (Å²) in [5, 5.41) is 9.33. The summed E-state index contributed by atoms with van der Waals surface area (Å²) in [5.74, 6) is -0.396. The van der Waals surface area contributed by atoms with E-state index in [1.165, 1.54) is 17.8 Å². The Balaban J connectivity index is 2.30. The summed E-state index contributed by atoms with van der Waals surface area (Å²) in [6, 6.07) is 6.30. The normalized spacial score (nSPS) is 10.1. The van der Waals surface area contributed by atoms with Crippen LogP contribution in [0.3, 0.4) is 0 Å². The summed E-state index contributed by atoms with van der Waals surface area (Å²) in [6.07, 6.45) is 3.45. The van der Waals surface area contributed by atoms with Crippen molar-refractivity contribution in [2.75, 3.05) is 0 Å². The molecule has 1 aromatic carbocycles. The van der Waals surface area contributed by atoms with Crippen LogP contribution in [-0.2, 0) is 7.05 Å². The fourth-order valence-electron chi connectivity index (χ4n) is 1.20. The van der Waals surface area contributed by atoms with Gasteiger partial charge in [-0.1, -0.05) is 0 Å². The molecule has 80 valence electrons. The average Bonchev–Trinajstić information content (AvgIpc) is 2.67. The Morgan fingerprint density at radius 1 is 1.50 bits per heavy atom. The molecule has 0 amide bonds. The van der Waals surface area contributed by atoms with E-state index in [1.54, 1.807) is 24.5 Å². The van der Waals surface area contributed by atoms with E-state index in [-0.39, 0.29) is 0 Å². The highest BCUT2D eigenvalue weighted by Crippen LogP contribution is 2.28. The van der Waals surface area contributed by atoms with Crippen molar-refractivity contribution < 1.29 is 4.39 Å². The number of nitrogens with zero attached hydrogens (tertiary/aromatic N) is 3. The Morgan fingerprint density at radius 3 is 2.88 bits per heavy atom. The second-order valence-corrected chi connectivity index (χ2v) is 4.19. The van der Waals surface area contributed by atoms with Crippen molar-refractivity contribution in [3.63, 3.8) is 0 Å². The van der Waals surface area contributed by atoms with Crippen LogP contribution in [-0.4, -0.2) is 9.55 Å². The second kappa shape index (κ2) is 4.37. The van der Waals surface area contributed by atoms with Crippen molar-refractivity contribution >= 4 is 11.8 Å². The smallest absolute Gasteiger partial charge is 0.172 e. The molecule has 1 heterocycles. The molecule has 0 N–H and O–H groups in total. The van der Waals surface area contributed by atoms with Gasteiger partial charge in [-0.2, -0.15) is 5.26 Å². The number of nitriles is 1. The molecular formula is C11H8FN3S. The zero-order chi connectivity index (χ0) is 11.5. The first-order valence-electron chi connectivity index (χ1n) is 4.55. The van der Waals surface area contributed by atoms with Gasteiger partial charge in [0.1, 0.15) is 5.82 Å². The Kier molecular flexibility index (Phi) is 2.93. The highest BCUT2D eigenvalue weighted by Gasteiger charge is 2.08. The molecule has 0 saturated heterocycles. The second-order valence-electron chi connectivity index (χ2n) is 3.18. The Hall–Kier alpha value is -1.80. The van der Waals surface area contributed by atoms with Crippen molar-refractivity contribution in [3.8, 4) is 6.07 Å². The molecule has 2 aromatic rings. The number of benzene rings is 1. The van der Waals surface area contributed by atoms with E-state index in [1.807, 2.05) is 17.7 Å². The molecule has 5 heteroatoms. The third-order valence-corrected chi connectivity index (χ3v) is 3.17. The van der Waals surface area contributed by atoms with Crippen LogP contribution < -0.4 is 0 Å². The molecule has 0 unspecified atom stereocenters. The predicted molar refractivity (Wildman–Crippen MR) is 58.4 cm³/mol. The van der Waals surface area contributed by atoms with Crippen LogP contribution in [0.1, 0.15) is 5.56 Å². The third kappa shape index (κ3) is 2.07. The van der Waals surface area contributed by atoms with Crippen LogP contribution in [0, 0.1) is 17.1 Å².